The van der Waals surface area contributed by atoms with Crippen molar-refractivity contribution in [2.24, 2.45) is 0 Å². The summed E-state index contributed by atoms with van der Waals surface area (Å²) < 4.78 is 15.5. The fourth-order valence-electron chi connectivity index (χ4n) is 12.3. The minimum Gasteiger partial charge on any atom is -0.456 e. The summed E-state index contributed by atoms with van der Waals surface area (Å²) in [5.41, 5.74) is 17.5. The van der Waals surface area contributed by atoms with E-state index in [0.29, 0.717) is 17.5 Å². The standard InChI is InChI=1S/C70H41N3O2S/c1-3-16-46(17-4-1)70(47-18-5-2-6-19-47)56-26-10-7-21-50(56)64-48(23-13-27-57(64)70)43-34-32-42(33-35-43)44-36-38-59-55(40-44)66-53(25-15-30-61(66)75-59)69-72-67(45-37-39-63-54(41-45)49-20-9-12-31-62(49)76-63)71-68(73-69)52-24-14-29-60-65(52)51-22-8-11-28-58(51)74-60/h1-41H. The van der Waals surface area contributed by atoms with Crippen molar-refractivity contribution in [1.82, 2.24) is 15.0 Å². The van der Waals surface area contributed by atoms with Gasteiger partial charge < -0.3 is 8.83 Å². The third kappa shape index (κ3) is 6.35. The molecule has 5 nitrogen and oxygen atoms in total. The molecule has 11 aromatic carbocycles. The Morgan fingerprint density at radius 3 is 1.55 bits per heavy atom. The molecule has 0 saturated carbocycles. The number of nitrogens with zero attached hydrogens (tertiary/aromatic N) is 3. The molecule has 354 valence electrons. The fourth-order valence-corrected chi connectivity index (χ4v) is 13.4. The summed E-state index contributed by atoms with van der Waals surface area (Å²) in [7, 11) is 0. The molecule has 16 rings (SSSR count). The molecule has 0 amide bonds. The highest BCUT2D eigenvalue weighted by Crippen LogP contribution is 2.58. The first kappa shape index (κ1) is 42.7. The number of fused-ring (bicyclic) bond motifs is 12. The number of furan rings is 2. The van der Waals surface area contributed by atoms with Gasteiger partial charge in [-0.3, -0.25) is 0 Å². The Kier molecular flexibility index (Phi) is 9.35. The van der Waals surface area contributed by atoms with E-state index in [1.54, 1.807) is 11.3 Å². The highest BCUT2D eigenvalue weighted by atomic mass is 32.1. The molecule has 1 aliphatic carbocycles. The molecule has 0 saturated heterocycles. The molecule has 0 unspecified atom stereocenters. The summed E-state index contributed by atoms with van der Waals surface area (Å²) in [5, 5.41) is 6.31. The quantitative estimate of drug-likeness (QED) is 0.159. The summed E-state index contributed by atoms with van der Waals surface area (Å²) in [6, 6.07) is 88.8. The van der Waals surface area contributed by atoms with Gasteiger partial charge in [-0.25, -0.2) is 15.0 Å². The molecule has 0 N–H and O–H groups in total. The minimum absolute atomic E-state index is 0.465. The zero-order valence-electron chi connectivity index (χ0n) is 40.7. The zero-order chi connectivity index (χ0) is 49.9. The van der Waals surface area contributed by atoms with E-state index >= 15 is 0 Å². The Morgan fingerprint density at radius 1 is 0.303 bits per heavy atom. The van der Waals surface area contributed by atoms with Gasteiger partial charge >= 0.3 is 0 Å². The molecular formula is C70H41N3O2S. The van der Waals surface area contributed by atoms with Crippen molar-refractivity contribution < 1.29 is 8.83 Å². The van der Waals surface area contributed by atoms with Crippen molar-refractivity contribution >= 4 is 75.4 Å². The maximum atomic E-state index is 6.66. The maximum Gasteiger partial charge on any atom is 0.164 e. The Morgan fingerprint density at radius 2 is 0.803 bits per heavy atom. The molecule has 0 bridgehead atoms. The molecule has 0 spiro atoms. The molecule has 0 atom stereocenters. The number of rotatable bonds is 7. The summed E-state index contributed by atoms with van der Waals surface area (Å²) in [4.78, 5) is 16.0. The Balaban J connectivity index is 0.838. The van der Waals surface area contributed by atoms with Gasteiger partial charge in [0.2, 0.25) is 0 Å². The van der Waals surface area contributed by atoms with Gasteiger partial charge in [0.1, 0.15) is 22.3 Å². The van der Waals surface area contributed by atoms with Gasteiger partial charge in [0.05, 0.1) is 5.41 Å². The van der Waals surface area contributed by atoms with Gasteiger partial charge in [0, 0.05) is 58.4 Å². The van der Waals surface area contributed by atoms with Crippen molar-refractivity contribution in [3.63, 3.8) is 0 Å². The zero-order valence-corrected chi connectivity index (χ0v) is 41.6. The van der Waals surface area contributed by atoms with Crippen LogP contribution >= 0.6 is 11.3 Å². The first-order chi connectivity index (χ1) is 37.7. The molecule has 76 heavy (non-hydrogen) atoms. The van der Waals surface area contributed by atoms with Gasteiger partial charge in [-0.15, -0.1) is 11.3 Å². The van der Waals surface area contributed by atoms with E-state index in [4.69, 9.17) is 23.8 Å². The maximum absolute atomic E-state index is 6.66. The van der Waals surface area contributed by atoms with Crippen LogP contribution in [0.25, 0.3) is 132 Å². The lowest BCUT2D eigenvalue weighted by Crippen LogP contribution is -2.28. The van der Waals surface area contributed by atoms with Crippen molar-refractivity contribution in [3.8, 4) is 67.5 Å². The first-order valence-corrected chi connectivity index (χ1v) is 26.5. The number of thiophene rings is 1. The van der Waals surface area contributed by atoms with Crippen molar-refractivity contribution in [2.75, 3.05) is 0 Å². The van der Waals surface area contributed by atoms with E-state index in [-0.39, 0.29) is 0 Å². The molecule has 0 fully saturated rings. The van der Waals surface area contributed by atoms with Crippen LogP contribution in [0.4, 0.5) is 0 Å². The lowest BCUT2D eigenvalue weighted by atomic mass is 9.67. The van der Waals surface area contributed by atoms with Crippen LogP contribution in [-0.4, -0.2) is 15.0 Å². The Hall–Kier alpha value is -9.75. The van der Waals surface area contributed by atoms with E-state index in [9.17, 15) is 0 Å². The highest BCUT2D eigenvalue weighted by Gasteiger charge is 2.46. The SMILES string of the molecule is c1ccc(C2(c3ccccc3)c3ccccc3-c3c(-c4ccc(-c5ccc6oc7cccc(-c8nc(-c9ccc%10sc%11ccccc%11c%10c9)nc(-c9cccc%10oc%11ccccc%11c9%10)n8)c7c6c5)cc4)cccc32)cc1. The van der Waals surface area contributed by atoms with Crippen LogP contribution < -0.4 is 0 Å². The average molecular weight is 988 g/mol. The van der Waals surface area contributed by atoms with Crippen molar-refractivity contribution in [1.29, 1.82) is 0 Å². The Bertz CT molecular complexity index is 4780. The van der Waals surface area contributed by atoms with E-state index in [1.807, 2.05) is 42.5 Å². The number of aromatic nitrogens is 3. The molecule has 4 aromatic heterocycles. The number of hydrogen-bond donors (Lipinski definition) is 0. The highest BCUT2D eigenvalue weighted by molar-refractivity contribution is 7.25. The van der Waals surface area contributed by atoms with Gasteiger partial charge in [0.15, 0.2) is 17.5 Å². The molecule has 1 aliphatic rings. The van der Waals surface area contributed by atoms with Gasteiger partial charge in [-0.05, 0) is 110 Å². The van der Waals surface area contributed by atoms with E-state index in [0.717, 1.165) is 77.3 Å². The van der Waals surface area contributed by atoms with Crippen LogP contribution in [-0.2, 0) is 5.41 Å². The van der Waals surface area contributed by atoms with Crippen LogP contribution in [0.5, 0.6) is 0 Å². The van der Waals surface area contributed by atoms with E-state index < -0.39 is 5.41 Å². The summed E-state index contributed by atoms with van der Waals surface area (Å²) >= 11 is 1.80. The number of benzene rings is 11. The predicted octanol–water partition coefficient (Wildman–Crippen LogP) is 18.7. The second kappa shape index (κ2) is 16.6. The second-order valence-corrected chi connectivity index (χ2v) is 20.8. The van der Waals surface area contributed by atoms with E-state index in [2.05, 4.69) is 206 Å². The molecule has 6 heteroatoms. The van der Waals surface area contributed by atoms with Crippen LogP contribution in [0.15, 0.2) is 258 Å². The van der Waals surface area contributed by atoms with Crippen LogP contribution in [0.1, 0.15) is 22.3 Å². The van der Waals surface area contributed by atoms with Gasteiger partial charge in [-0.2, -0.15) is 0 Å². The third-order valence-corrected chi connectivity index (χ3v) is 16.8. The molecule has 0 radical (unpaired) electrons. The van der Waals surface area contributed by atoms with Crippen molar-refractivity contribution in [2.45, 2.75) is 5.41 Å². The van der Waals surface area contributed by atoms with E-state index in [1.165, 1.54) is 59.1 Å². The van der Waals surface area contributed by atoms with Crippen molar-refractivity contribution in [3.05, 3.63) is 271 Å². The predicted molar refractivity (Wildman–Crippen MR) is 312 cm³/mol. The summed E-state index contributed by atoms with van der Waals surface area (Å²) in [5.74, 6) is 1.71. The lowest BCUT2D eigenvalue weighted by Gasteiger charge is -2.34. The van der Waals surface area contributed by atoms with Gasteiger partial charge in [0.25, 0.3) is 0 Å². The topological polar surface area (TPSA) is 65.0 Å². The average Bonchev–Trinajstić information content (AvgIpc) is 4.27. The summed E-state index contributed by atoms with van der Waals surface area (Å²) in [6.45, 7) is 0. The molecule has 15 aromatic rings. The lowest BCUT2D eigenvalue weighted by molar-refractivity contribution is 0.668. The monoisotopic (exact) mass is 987 g/mol. The first-order valence-electron chi connectivity index (χ1n) is 25.6. The largest absolute Gasteiger partial charge is 0.456 e. The smallest absolute Gasteiger partial charge is 0.164 e. The minimum atomic E-state index is -0.465. The second-order valence-electron chi connectivity index (χ2n) is 19.7. The van der Waals surface area contributed by atoms with Gasteiger partial charge in [-0.1, -0.05) is 194 Å². The van der Waals surface area contributed by atoms with Crippen LogP contribution in [0.2, 0.25) is 0 Å². The molecule has 0 aliphatic heterocycles. The number of para-hydroxylation sites is 1. The Labute approximate surface area is 440 Å². The van der Waals surface area contributed by atoms with Crippen LogP contribution in [0.3, 0.4) is 0 Å². The van der Waals surface area contributed by atoms with Crippen LogP contribution in [0, 0.1) is 0 Å². The normalized spacial score (nSPS) is 12.8. The molecule has 4 heterocycles. The number of hydrogen-bond acceptors (Lipinski definition) is 6. The third-order valence-electron chi connectivity index (χ3n) is 15.7. The summed E-state index contributed by atoms with van der Waals surface area (Å²) in [6.07, 6.45) is 0. The fraction of sp³-hybridized carbons (Fsp3) is 0.0143. The molecular weight excluding hydrogens is 947 g/mol.